The molecule has 0 aliphatic rings. The second kappa shape index (κ2) is 6.53. The number of benzene rings is 2. The highest BCUT2D eigenvalue weighted by molar-refractivity contribution is 7.92. The van der Waals surface area contributed by atoms with Gasteiger partial charge in [-0.15, -0.1) is 0 Å². The first-order chi connectivity index (χ1) is 10.7. The van der Waals surface area contributed by atoms with Crippen LogP contribution in [0.1, 0.15) is 15.9 Å². The van der Waals surface area contributed by atoms with Crippen LogP contribution < -0.4 is 4.72 Å². The van der Waals surface area contributed by atoms with Gasteiger partial charge in [0, 0.05) is 11.3 Å². The zero-order valence-corrected chi connectivity index (χ0v) is 13.0. The summed E-state index contributed by atoms with van der Waals surface area (Å²) in [6.45, 7) is 0. The first kappa shape index (κ1) is 16.6. The maximum absolute atomic E-state index is 12.0. The highest BCUT2D eigenvalue weighted by atomic mass is 32.2. The Balaban J connectivity index is 2.11. The topological polar surface area (TPSA) is 104 Å². The summed E-state index contributed by atoms with van der Waals surface area (Å²) in [5.74, 6) is -0.776. The molecule has 2 rings (SSSR count). The Labute approximate surface area is 133 Å². The normalized spacial score (nSPS) is 11.5. The monoisotopic (exact) mass is 333 g/mol. The SMILES string of the molecule is CS(=O)(=O)Nc1ccc(C(=O)C=Cc2ccc(O)c(O)c2)cc1. The summed E-state index contributed by atoms with van der Waals surface area (Å²) < 4.78 is 24.5. The van der Waals surface area contributed by atoms with E-state index in [4.69, 9.17) is 0 Å². The van der Waals surface area contributed by atoms with Crippen LogP contribution >= 0.6 is 0 Å². The molecule has 2 aromatic rings. The van der Waals surface area contributed by atoms with Gasteiger partial charge in [0.2, 0.25) is 10.0 Å². The van der Waals surface area contributed by atoms with Crippen LogP contribution in [0.5, 0.6) is 11.5 Å². The van der Waals surface area contributed by atoms with E-state index < -0.39 is 10.0 Å². The molecule has 3 N–H and O–H groups in total. The van der Waals surface area contributed by atoms with Crippen LogP contribution in [0.4, 0.5) is 5.69 Å². The van der Waals surface area contributed by atoms with E-state index in [-0.39, 0.29) is 17.3 Å². The Kier molecular flexibility index (Phi) is 4.71. The van der Waals surface area contributed by atoms with E-state index in [9.17, 15) is 23.4 Å². The molecule has 7 heteroatoms. The van der Waals surface area contributed by atoms with Gasteiger partial charge in [0.1, 0.15) is 0 Å². The molecule has 0 radical (unpaired) electrons. The maximum atomic E-state index is 12.0. The van der Waals surface area contributed by atoms with Gasteiger partial charge in [0.25, 0.3) is 0 Å². The van der Waals surface area contributed by atoms with E-state index in [1.54, 1.807) is 6.07 Å². The Bertz CT molecular complexity index is 855. The van der Waals surface area contributed by atoms with Gasteiger partial charge in [-0.2, -0.15) is 0 Å². The van der Waals surface area contributed by atoms with Crippen LogP contribution in [-0.4, -0.2) is 30.7 Å². The lowest BCUT2D eigenvalue weighted by atomic mass is 10.1. The Hall–Kier alpha value is -2.80. The number of anilines is 1. The molecule has 0 atom stereocenters. The molecule has 0 saturated carbocycles. The number of ketones is 1. The lowest BCUT2D eigenvalue weighted by molar-refractivity contribution is 0.104. The Morgan fingerprint density at radius 3 is 2.26 bits per heavy atom. The van der Waals surface area contributed by atoms with E-state index in [0.717, 1.165) is 6.26 Å². The third kappa shape index (κ3) is 4.86. The summed E-state index contributed by atoms with van der Waals surface area (Å²) in [4.78, 5) is 12.0. The molecule has 0 aromatic heterocycles. The predicted octanol–water partition coefficient (Wildman–Crippen LogP) is 2.37. The number of hydrogen-bond donors (Lipinski definition) is 3. The molecule has 2 aromatic carbocycles. The molecule has 0 heterocycles. The Morgan fingerprint density at radius 2 is 1.70 bits per heavy atom. The largest absolute Gasteiger partial charge is 0.504 e. The van der Waals surface area contributed by atoms with Gasteiger partial charge in [0.15, 0.2) is 17.3 Å². The van der Waals surface area contributed by atoms with Crippen molar-refractivity contribution in [2.75, 3.05) is 11.0 Å². The van der Waals surface area contributed by atoms with Crippen molar-refractivity contribution in [3.63, 3.8) is 0 Å². The number of allylic oxidation sites excluding steroid dienone is 1. The minimum atomic E-state index is -3.36. The number of hydrogen-bond acceptors (Lipinski definition) is 5. The van der Waals surface area contributed by atoms with Crippen LogP contribution in [-0.2, 0) is 10.0 Å². The van der Waals surface area contributed by atoms with Gasteiger partial charge in [-0.25, -0.2) is 8.42 Å². The van der Waals surface area contributed by atoms with E-state index in [1.807, 2.05) is 0 Å². The highest BCUT2D eigenvalue weighted by Gasteiger charge is 2.05. The molecular weight excluding hydrogens is 318 g/mol. The highest BCUT2D eigenvalue weighted by Crippen LogP contribution is 2.25. The van der Waals surface area contributed by atoms with E-state index in [1.165, 1.54) is 48.6 Å². The smallest absolute Gasteiger partial charge is 0.229 e. The summed E-state index contributed by atoms with van der Waals surface area (Å²) >= 11 is 0. The molecule has 0 bridgehead atoms. The zero-order chi connectivity index (χ0) is 17.0. The number of carbonyl (C=O) groups excluding carboxylic acids is 1. The number of phenolic OH excluding ortho intramolecular Hbond substituents is 2. The van der Waals surface area contributed by atoms with Gasteiger partial charge >= 0.3 is 0 Å². The molecule has 0 amide bonds. The average Bonchev–Trinajstić information content (AvgIpc) is 2.47. The Morgan fingerprint density at radius 1 is 1.04 bits per heavy atom. The number of aromatic hydroxyl groups is 2. The number of rotatable bonds is 5. The quantitative estimate of drug-likeness (QED) is 0.443. The lowest BCUT2D eigenvalue weighted by Gasteiger charge is -2.04. The summed E-state index contributed by atoms with van der Waals surface area (Å²) in [5.41, 5.74) is 1.32. The van der Waals surface area contributed by atoms with Gasteiger partial charge < -0.3 is 10.2 Å². The van der Waals surface area contributed by atoms with E-state index in [0.29, 0.717) is 16.8 Å². The molecule has 0 aliphatic carbocycles. The summed E-state index contributed by atoms with van der Waals surface area (Å²) in [5, 5.41) is 18.6. The maximum Gasteiger partial charge on any atom is 0.229 e. The fourth-order valence-electron chi connectivity index (χ4n) is 1.83. The lowest BCUT2D eigenvalue weighted by Crippen LogP contribution is -2.09. The molecule has 0 spiro atoms. The molecule has 23 heavy (non-hydrogen) atoms. The molecular formula is C16H15NO5S. The molecule has 0 aliphatic heterocycles. The van der Waals surface area contributed by atoms with Crippen LogP contribution in [0, 0.1) is 0 Å². The van der Waals surface area contributed by atoms with Gasteiger partial charge in [-0.05, 0) is 48.0 Å². The van der Waals surface area contributed by atoms with Gasteiger partial charge in [-0.1, -0.05) is 12.1 Å². The number of sulfonamides is 1. The van der Waals surface area contributed by atoms with Gasteiger partial charge in [-0.3, -0.25) is 9.52 Å². The molecule has 0 unspecified atom stereocenters. The molecule has 6 nitrogen and oxygen atoms in total. The van der Waals surface area contributed by atoms with Crippen LogP contribution in [0.3, 0.4) is 0 Å². The third-order valence-corrected chi connectivity index (χ3v) is 3.51. The second-order valence-electron chi connectivity index (χ2n) is 4.90. The first-order valence-electron chi connectivity index (χ1n) is 6.57. The zero-order valence-electron chi connectivity index (χ0n) is 12.2. The predicted molar refractivity (Wildman–Crippen MR) is 88.0 cm³/mol. The molecule has 0 saturated heterocycles. The van der Waals surface area contributed by atoms with Crippen molar-refractivity contribution in [3.8, 4) is 11.5 Å². The van der Waals surface area contributed by atoms with Crippen molar-refractivity contribution in [1.29, 1.82) is 0 Å². The summed E-state index contributed by atoms with van der Waals surface area (Å²) in [7, 11) is -3.36. The van der Waals surface area contributed by atoms with Crippen molar-refractivity contribution in [2.45, 2.75) is 0 Å². The van der Waals surface area contributed by atoms with Crippen molar-refractivity contribution in [1.82, 2.24) is 0 Å². The van der Waals surface area contributed by atoms with Crippen molar-refractivity contribution in [2.24, 2.45) is 0 Å². The average molecular weight is 333 g/mol. The van der Waals surface area contributed by atoms with Crippen LogP contribution in [0.2, 0.25) is 0 Å². The molecule has 0 fully saturated rings. The van der Waals surface area contributed by atoms with E-state index in [2.05, 4.69) is 4.72 Å². The summed E-state index contributed by atoms with van der Waals surface area (Å²) in [6, 6.07) is 10.2. The second-order valence-corrected chi connectivity index (χ2v) is 6.65. The minimum Gasteiger partial charge on any atom is -0.504 e. The van der Waals surface area contributed by atoms with Crippen molar-refractivity contribution < 1.29 is 23.4 Å². The number of carbonyl (C=O) groups is 1. The van der Waals surface area contributed by atoms with Gasteiger partial charge in [0.05, 0.1) is 6.26 Å². The van der Waals surface area contributed by atoms with E-state index >= 15 is 0 Å². The first-order valence-corrected chi connectivity index (χ1v) is 8.46. The van der Waals surface area contributed by atoms with Crippen LogP contribution in [0.25, 0.3) is 6.08 Å². The van der Waals surface area contributed by atoms with Crippen molar-refractivity contribution >= 4 is 27.6 Å². The minimum absolute atomic E-state index is 0.234. The number of nitrogens with one attached hydrogen (secondary N) is 1. The fourth-order valence-corrected chi connectivity index (χ4v) is 2.39. The van der Waals surface area contributed by atoms with Crippen molar-refractivity contribution in [3.05, 3.63) is 59.7 Å². The van der Waals surface area contributed by atoms with Crippen LogP contribution in [0.15, 0.2) is 48.5 Å². The standard InChI is InChI=1S/C16H15NO5S/c1-23(21,22)17-13-6-4-12(5-7-13)14(18)8-2-11-3-9-15(19)16(20)10-11/h2-10,17,19-20H,1H3. The number of phenols is 2. The fraction of sp³-hybridized carbons (Fsp3) is 0.0625. The third-order valence-electron chi connectivity index (χ3n) is 2.90. The summed E-state index contributed by atoms with van der Waals surface area (Å²) in [6.07, 6.45) is 3.87. The molecule has 120 valence electrons.